The van der Waals surface area contributed by atoms with Gasteiger partial charge < -0.3 is 10.4 Å². The van der Waals surface area contributed by atoms with Gasteiger partial charge in [0.2, 0.25) is 5.91 Å². The van der Waals surface area contributed by atoms with Gasteiger partial charge in [-0.25, -0.2) is 0 Å². The van der Waals surface area contributed by atoms with Gasteiger partial charge in [0.1, 0.15) is 0 Å². The van der Waals surface area contributed by atoms with Crippen LogP contribution in [-0.2, 0) is 4.79 Å². The molecule has 5 aliphatic carbocycles. The van der Waals surface area contributed by atoms with Gasteiger partial charge >= 0.3 is 0 Å². The summed E-state index contributed by atoms with van der Waals surface area (Å²) in [6, 6.07) is 0.222. The molecule has 2 N–H and O–H groups in total. The SMILES string of the molecule is O=C(N[C@@H]1CCC[C@@H](O)C1)C12CC3CC(CC(C3)C1)C2. The molecule has 3 heteroatoms. The van der Waals surface area contributed by atoms with E-state index < -0.39 is 0 Å². The molecule has 0 aliphatic heterocycles. The van der Waals surface area contributed by atoms with E-state index in [1.165, 1.54) is 19.3 Å². The van der Waals surface area contributed by atoms with E-state index in [-0.39, 0.29) is 17.6 Å². The molecule has 0 aromatic carbocycles. The van der Waals surface area contributed by atoms with Crippen LogP contribution >= 0.6 is 0 Å². The molecule has 0 aromatic rings. The van der Waals surface area contributed by atoms with Crippen molar-refractivity contribution in [3.63, 3.8) is 0 Å². The monoisotopic (exact) mass is 277 g/mol. The molecule has 20 heavy (non-hydrogen) atoms. The minimum atomic E-state index is -0.203. The molecule has 5 saturated carbocycles. The van der Waals surface area contributed by atoms with Crippen LogP contribution in [0.15, 0.2) is 0 Å². The third-order valence-electron chi connectivity index (χ3n) is 6.50. The number of hydrogen-bond acceptors (Lipinski definition) is 2. The van der Waals surface area contributed by atoms with Crippen molar-refractivity contribution < 1.29 is 9.90 Å². The summed E-state index contributed by atoms with van der Waals surface area (Å²) in [5.74, 6) is 2.80. The van der Waals surface area contributed by atoms with E-state index >= 15 is 0 Å². The van der Waals surface area contributed by atoms with Crippen molar-refractivity contribution in [3.05, 3.63) is 0 Å². The highest BCUT2D eigenvalue weighted by atomic mass is 16.3. The highest BCUT2D eigenvalue weighted by Gasteiger charge is 2.54. The molecule has 0 saturated heterocycles. The van der Waals surface area contributed by atoms with Crippen molar-refractivity contribution in [3.8, 4) is 0 Å². The normalized spacial score (nSPS) is 50.1. The summed E-state index contributed by atoms with van der Waals surface area (Å²) in [5, 5.41) is 13.1. The van der Waals surface area contributed by atoms with Crippen molar-refractivity contribution in [1.82, 2.24) is 5.32 Å². The van der Waals surface area contributed by atoms with Gasteiger partial charge in [-0.15, -0.1) is 0 Å². The van der Waals surface area contributed by atoms with Gasteiger partial charge in [0.15, 0.2) is 0 Å². The molecule has 4 bridgehead atoms. The Bertz CT molecular complexity index is 371. The van der Waals surface area contributed by atoms with Crippen LogP contribution in [0.4, 0.5) is 0 Å². The van der Waals surface area contributed by atoms with Gasteiger partial charge in [-0.05, 0) is 82.0 Å². The lowest BCUT2D eigenvalue weighted by molar-refractivity contribution is -0.147. The van der Waals surface area contributed by atoms with Crippen molar-refractivity contribution >= 4 is 5.91 Å². The Labute approximate surface area is 121 Å². The van der Waals surface area contributed by atoms with Crippen LogP contribution in [0.3, 0.4) is 0 Å². The summed E-state index contributed by atoms with van der Waals surface area (Å²) in [6.07, 6.45) is 11.1. The molecule has 5 rings (SSSR count). The van der Waals surface area contributed by atoms with Crippen LogP contribution in [-0.4, -0.2) is 23.2 Å². The van der Waals surface area contributed by atoms with Crippen molar-refractivity contribution in [2.75, 3.05) is 0 Å². The highest BCUT2D eigenvalue weighted by molar-refractivity contribution is 5.83. The number of rotatable bonds is 2. The minimum absolute atomic E-state index is 0.0306. The van der Waals surface area contributed by atoms with Crippen LogP contribution in [0.1, 0.15) is 64.2 Å². The summed E-state index contributed by atoms with van der Waals surface area (Å²) in [4.78, 5) is 12.9. The molecule has 0 aromatic heterocycles. The van der Waals surface area contributed by atoms with E-state index in [0.29, 0.717) is 5.91 Å². The quantitative estimate of drug-likeness (QED) is 0.815. The maximum Gasteiger partial charge on any atom is 0.226 e. The van der Waals surface area contributed by atoms with E-state index in [0.717, 1.165) is 62.7 Å². The minimum Gasteiger partial charge on any atom is -0.393 e. The maximum absolute atomic E-state index is 12.9. The Hall–Kier alpha value is -0.570. The molecule has 2 atom stereocenters. The summed E-state index contributed by atoms with van der Waals surface area (Å²) in [7, 11) is 0. The fourth-order valence-corrected chi connectivity index (χ4v) is 6.02. The zero-order valence-corrected chi connectivity index (χ0v) is 12.3. The van der Waals surface area contributed by atoms with Gasteiger partial charge in [-0.2, -0.15) is 0 Å². The maximum atomic E-state index is 12.9. The fraction of sp³-hybridized carbons (Fsp3) is 0.941. The third-order valence-corrected chi connectivity index (χ3v) is 6.50. The Kier molecular flexibility index (Phi) is 3.10. The lowest BCUT2D eigenvalue weighted by Gasteiger charge is -2.56. The molecule has 0 radical (unpaired) electrons. The van der Waals surface area contributed by atoms with E-state index in [4.69, 9.17) is 0 Å². The first kappa shape index (κ1) is 13.1. The molecular formula is C17H27NO2. The van der Waals surface area contributed by atoms with E-state index in [1.54, 1.807) is 0 Å². The van der Waals surface area contributed by atoms with Crippen molar-refractivity contribution in [1.29, 1.82) is 0 Å². The zero-order valence-electron chi connectivity index (χ0n) is 12.3. The van der Waals surface area contributed by atoms with Gasteiger partial charge in [0, 0.05) is 11.5 Å². The largest absolute Gasteiger partial charge is 0.393 e. The molecule has 0 unspecified atom stereocenters. The van der Waals surface area contributed by atoms with E-state index in [2.05, 4.69) is 5.32 Å². The summed E-state index contributed by atoms with van der Waals surface area (Å²) in [5.41, 5.74) is -0.0306. The average molecular weight is 277 g/mol. The van der Waals surface area contributed by atoms with Crippen LogP contribution in [0.2, 0.25) is 0 Å². The van der Waals surface area contributed by atoms with Crippen molar-refractivity contribution in [2.45, 2.75) is 76.4 Å². The number of aliphatic hydroxyl groups excluding tert-OH is 1. The Balaban J connectivity index is 1.45. The lowest BCUT2D eigenvalue weighted by atomic mass is 9.49. The van der Waals surface area contributed by atoms with Crippen LogP contribution in [0.25, 0.3) is 0 Å². The second-order valence-electron chi connectivity index (χ2n) is 8.19. The molecule has 5 fully saturated rings. The fourth-order valence-electron chi connectivity index (χ4n) is 6.02. The number of carbonyl (C=O) groups is 1. The van der Waals surface area contributed by atoms with Crippen LogP contribution < -0.4 is 5.32 Å². The van der Waals surface area contributed by atoms with Gasteiger partial charge in [0.05, 0.1) is 6.10 Å². The van der Waals surface area contributed by atoms with Crippen molar-refractivity contribution in [2.24, 2.45) is 23.2 Å². The first-order valence-electron chi connectivity index (χ1n) is 8.62. The number of hydrogen-bond donors (Lipinski definition) is 2. The number of carbonyl (C=O) groups excluding carboxylic acids is 1. The van der Waals surface area contributed by atoms with E-state index in [1.807, 2.05) is 0 Å². The molecule has 0 heterocycles. The second-order valence-corrected chi connectivity index (χ2v) is 8.19. The molecule has 1 amide bonds. The predicted molar refractivity (Wildman–Crippen MR) is 77.0 cm³/mol. The third kappa shape index (κ3) is 2.18. The first-order chi connectivity index (χ1) is 9.63. The molecule has 3 nitrogen and oxygen atoms in total. The molecular weight excluding hydrogens is 250 g/mol. The zero-order chi connectivity index (χ0) is 13.7. The predicted octanol–water partition coefficient (Wildman–Crippen LogP) is 2.62. The first-order valence-corrected chi connectivity index (χ1v) is 8.62. The Morgan fingerprint density at radius 1 is 0.950 bits per heavy atom. The number of amides is 1. The van der Waals surface area contributed by atoms with Gasteiger partial charge in [-0.1, -0.05) is 0 Å². The molecule has 112 valence electrons. The summed E-state index contributed by atoms with van der Waals surface area (Å²) in [6.45, 7) is 0. The molecule has 0 spiro atoms. The van der Waals surface area contributed by atoms with Gasteiger partial charge in [0.25, 0.3) is 0 Å². The number of nitrogens with one attached hydrogen (secondary N) is 1. The molecule has 5 aliphatic rings. The average Bonchev–Trinajstić information content (AvgIpc) is 2.37. The van der Waals surface area contributed by atoms with E-state index in [9.17, 15) is 9.90 Å². The van der Waals surface area contributed by atoms with Crippen LogP contribution in [0, 0.1) is 23.2 Å². The smallest absolute Gasteiger partial charge is 0.226 e. The lowest BCUT2D eigenvalue weighted by Crippen LogP contribution is -2.55. The topological polar surface area (TPSA) is 49.3 Å². The number of aliphatic hydroxyl groups is 1. The summed E-state index contributed by atoms with van der Waals surface area (Å²) < 4.78 is 0. The highest BCUT2D eigenvalue weighted by Crippen LogP contribution is 2.60. The second kappa shape index (κ2) is 4.72. The summed E-state index contributed by atoms with van der Waals surface area (Å²) >= 11 is 0. The van der Waals surface area contributed by atoms with Gasteiger partial charge in [-0.3, -0.25) is 4.79 Å². The van der Waals surface area contributed by atoms with Crippen LogP contribution in [0.5, 0.6) is 0 Å². The Morgan fingerprint density at radius 3 is 2.10 bits per heavy atom. The standard InChI is InChI=1S/C17H27NO2/c19-15-3-1-2-14(7-15)18-16(20)17-8-11-4-12(9-17)6-13(5-11)10-17/h11-15,19H,1-10H2,(H,18,20)/t11?,12?,13?,14-,15-,17?/m1/s1. The Morgan fingerprint density at radius 2 is 1.55 bits per heavy atom.